The number of nitrogens with zero attached hydrogens (tertiary/aromatic N) is 1. The van der Waals surface area contributed by atoms with Gasteiger partial charge in [-0.15, -0.1) is 0 Å². The number of esters is 1. The Balaban J connectivity index is 3.00. The van der Waals surface area contributed by atoms with Gasteiger partial charge in [-0.1, -0.05) is 18.2 Å². The molecule has 0 heterocycles. The molecule has 0 atom stereocenters. The number of ether oxygens (including phenoxy) is 1. The van der Waals surface area contributed by atoms with Crippen LogP contribution in [0.1, 0.15) is 12.5 Å². The third-order valence-electron chi connectivity index (χ3n) is 2.41. The number of aliphatic imine (C=N–C) groups is 1. The monoisotopic (exact) mass is 275 g/mol. The maximum atomic E-state index is 11.5. The Morgan fingerprint density at radius 1 is 1.35 bits per heavy atom. The van der Waals surface area contributed by atoms with Gasteiger partial charge in [-0.3, -0.25) is 4.99 Å². The number of rotatable bonds is 5. The molecule has 0 saturated carbocycles. The van der Waals surface area contributed by atoms with E-state index in [-0.39, 0.29) is 17.1 Å². The Kier molecular flexibility index (Phi) is 6.03. The molecule has 1 aromatic carbocycles. The molecule has 0 bridgehead atoms. The van der Waals surface area contributed by atoms with Gasteiger partial charge < -0.3 is 14.9 Å². The molecule has 0 unspecified atom stereocenters. The molecule has 1 aromatic rings. The molecule has 0 aliphatic carbocycles. The van der Waals surface area contributed by atoms with Gasteiger partial charge in [0.15, 0.2) is 0 Å². The SMILES string of the molecule is CCN=CC(C(=O)OC)=C(O)/C=C/c1ccc(O)cc1. The molecule has 0 radical (unpaired) electrons. The van der Waals surface area contributed by atoms with Crippen molar-refractivity contribution in [2.45, 2.75) is 6.92 Å². The summed E-state index contributed by atoms with van der Waals surface area (Å²) >= 11 is 0. The predicted molar refractivity (Wildman–Crippen MR) is 77.8 cm³/mol. The molecule has 5 nitrogen and oxygen atoms in total. The Morgan fingerprint density at radius 2 is 2.00 bits per heavy atom. The van der Waals surface area contributed by atoms with Crippen molar-refractivity contribution in [3.63, 3.8) is 0 Å². The summed E-state index contributed by atoms with van der Waals surface area (Å²) in [5.74, 6) is -0.732. The molecule has 0 fully saturated rings. The van der Waals surface area contributed by atoms with Crippen molar-refractivity contribution in [1.29, 1.82) is 0 Å². The van der Waals surface area contributed by atoms with Crippen LogP contribution in [0.5, 0.6) is 5.75 Å². The highest BCUT2D eigenvalue weighted by molar-refractivity contribution is 6.10. The zero-order valence-corrected chi connectivity index (χ0v) is 11.4. The van der Waals surface area contributed by atoms with E-state index >= 15 is 0 Å². The number of allylic oxidation sites excluding steroid dienone is 1. The summed E-state index contributed by atoms with van der Waals surface area (Å²) in [6, 6.07) is 6.41. The van der Waals surface area contributed by atoms with Crippen LogP contribution in [0.4, 0.5) is 0 Å². The van der Waals surface area contributed by atoms with E-state index in [4.69, 9.17) is 5.11 Å². The molecule has 106 valence electrons. The lowest BCUT2D eigenvalue weighted by Crippen LogP contribution is -2.08. The molecule has 0 saturated heterocycles. The lowest BCUT2D eigenvalue weighted by Gasteiger charge is -2.01. The van der Waals surface area contributed by atoms with Gasteiger partial charge in [0.2, 0.25) is 0 Å². The summed E-state index contributed by atoms with van der Waals surface area (Å²) in [6.45, 7) is 2.31. The summed E-state index contributed by atoms with van der Waals surface area (Å²) in [5, 5.41) is 19.1. The fraction of sp³-hybridized carbons (Fsp3) is 0.200. The van der Waals surface area contributed by atoms with Gasteiger partial charge in [-0.05, 0) is 30.7 Å². The number of aliphatic hydroxyl groups excluding tert-OH is 1. The average Bonchev–Trinajstić information content (AvgIpc) is 2.46. The molecule has 20 heavy (non-hydrogen) atoms. The number of hydrogen-bond donors (Lipinski definition) is 2. The van der Waals surface area contributed by atoms with E-state index in [1.165, 1.54) is 31.5 Å². The first kappa shape index (κ1) is 15.5. The fourth-order valence-corrected chi connectivity index (χ4v) is 1.37. The van der Waals surface area contributed by atoms with E-state index in [2.05, 4.69) is 9.73 Å². The summed E-state index contributed by atoms with van der Waals surface area (Å²) in [5.41, 5.74) is 0.760. The minimum atomic E-state index is -0.657. The lowest BCUT2D eigenvalue weighted by atomic mass is 10.1. The van der Waals surface area contributed by atoms with Crippen molar-refractivity contribution in [2.75, 3.05) is 13.7 Å². The summed E-state index contributed by atoms with van der Waals surface area (Å²) in [7, 11) is 1.24. The van der Waals surface area contributed by atoms with Crippen molar-refractivity contribution in [2.24, 2.45) is 4.99 Å². The number of aliphatic hydroxyl groups is 1. The van der Waals surface area contributed by atoms with Gasteiger partial charge in [0.25, 0.3) is 0 Å². The molecule has 0 aliphatic heterocycles. The number of hydrogen-bond acceptors (Lipinski definition) is 5. The quantitative estimate of drug-likeness (QED) is 0.284. The molecule has 0 spiro atoms. The van der Waals surface area contributed by atoms with E-state index in [9.17, 15) is 9.90 Å². The van der Waals surface area contributed by atoms with Crippen LogP contribution in [-0.2, 0) is 9.53 Å². The van der Waals surface area contributed by atoms with Crippen molar-refractivity contribution in [1.82, 2.24) is 0 Å². The third-order valence-corrected chi connectivity index (χ3v) is 2.41. The van der Waals surface area contributed by atoms with Crippen LogP contribution < -0.4 is 0 Å². The van der Waals surface area contributed by atoms with Crippen molar-refractivity contribution >= 4 is 18.3 Å². The number of benzene rings is 1. The van der Waals surface area contributed by atoms with Gasteiger partial charge in [0, 0.05) is 12.8 Å². The molecule has 1 rings (SSSR count). The molecule has 0 amide bonds. The highest BCUT2D eigenvalue weighted by Gasteiger charge is 2.11. The van der Waals surface area contributed by atoms with E-state index in [1.807, 2.05) is 6.92 Å². The first-order valence-electron chi connectivity index (χ1n) is 6.07. The highest BCUT2D eigenvalue weighted by Crippen LogP contribution is 2.12. The zero-order valence-electron chi connectivity index (χ0n) is 11.4. The Hall–Kier alpha value is -2.56. The predicted octanol–water partition coefficient (Wildman–Crippen LogP) is 2.48. The van der Waals surface area contributed by atoms with Crippen molar-refractivity contribution in [3.05, 3.63) is 47.2 Å². The van der Waals surface area contributed by atoms with Crippen LogP contribution in [0.25, 0.3) is 6.08 Å². The van der Waals surface area contributed by atoms with Crippen molar-refractivity contribution < 1.29 is 19.7 Å². The third kappa shape index (κ3) is 4.61. The minimum absolute atomic E-state index is 0.00983. The lowest BCUT2D eigenvalue weighted by molar-refractivity contribution is -0.135. The van der Waals surface area contributed by atoms with Gasteiger partial charge in [0.05, 0.1) is 7.11 Å². The van der Waals surface area contributed by atoms with Crippen LogP contribution in [0.15, 0.2) is 46.7 Å². The maximum Gasteiger partial charge on any atom is 0.343 e. The van der Waals surface area contributed by atoms with Crippen LogP contribution in [0.2, 0.25) is 0 Å². The number of methoxy groups -OCH3 is 1. The number of aromatic hydroxyl groups is 1. The first-order chi connectivity index (χ1) is 9.58. The van der Waals surface area contributed by atoms with E-state index in [1.54, 1.807) is 18.2 Å². The maximum absolute atomic E-state index is 11.5. The molecular formula is C15H17NO4. The second-order valence-electron chi connectivity index (χ2n) is 3.84. The molecule has 0 aromatic heterocycles. The van der Waals surface area contributed by atoms with Gasteiger partial charge in [-0.2, -0.15) is 0 Å². The first-order valence-corrected chi connectivity index (χ1v) is 6.07. The number of phenolic OH excluding ortho intramolecular Hbond substituents is 1. The second-order valence-corrected chi connectivity index (χ2v) is 3.84. The van der Waals surface area contributed by atoms with Crippen LogP contribution >= 0.6 is 0 Å². The van der Waals surface area contributed by atoms with Crippen LogP contribution in [0, 0.1) is 0 Å². The van der Waals surface area contributed by atoms with E-state index in [0.29, 0.717) is 6.54 Å². The Morgan fingerprint density at radius 3 is 2.55 bits per heavy atom. The standard InChI is InChI=1S/C15H17NO4/c1-3-16-10-13(15(19)20-2)14(18)9-6-11-4-7-12(17)8-5-11/h4-10,17-18H,3H2,1-2H3/b9-6+,14-13?,16-10?. The smallest absolute Gasteiger partial charge is 0.343 e. The number of phenols is 1. The van der Waals surface area contributed by atoms with Gasteiger partial charge >= 0.3 is 5.97 Å². The van der Waals surface area contributed by atoms with Gasteiger partial charge in [-0.25, -0.2) is 4.79 Å². The summed E-state index contributed by atoms with van der Waals surface area (Å²) in [4.78, 5) is 15.4. The van der Waals surface area contributed by atoms with Crippen molar-refractivity contribution in [3.8, 4) is 5.75 Å². The minimum Gasteiger partial charge on any atom is -0.508 e. The highest BCUT2D eigenvalue weighted by atomic mass is 16.5. The fourth-order valence-electron chi connectivity index (χ4n) is 1.37. The second kappa shape index (κ2) is 7.78. The summed E-state index contributed by atoms with van der Waals surface area (Å²) in [6.07, 6.45) is 4.26. The largest absolute Gasteiger partial charge is 0.508 e. The van der Waals surface area contributed by atoms with E-state index < -0.39 is 5.97 Å². The Bertz CT molecular complexity index is 541. The average molecular weight is 275 g/mol. The van der Waals surface area contributed by atoms with E-state index in [0.717, 1.165) is 5.56 Å². The molecule has 2 N–H and O–H groups in total. The molecular weight excluding hydrogens is 258 g/mol. The van der Waals surface area contributed by atoms with Crippen LogP contribution in [-0.4, -0.2) is 36.1 Å². The Labute approximate surface area is 117 Å². The number of carbonyl (C=O) groups excluding carboxylic acids is 1. The molecule has 5 heteroatoms. The normalized spacial score (nSPS) is 12.7. The zero-order chi connectivity index (χ0) is 15.0. The molecule has 0 aliphatic rings. The number of carbonyl (C=O) groups is 1. The van der Waals surface area contributed by atoms with Crippen LogP contribution in [0.3, 0.4) is 0 Å². The topological polar surface area (TPSA) is 79.1 Å². The summed E-state index contributed by atoms with van der Waals surface area (Å²) < 4.78 is 4.58. The van der Waals surface area contributed by atoms with Gasteiger partial charge in [0.1, 0.15) is 17.1 Å².